The maximum Gasteiger partial charge on any atom is 0.311 e. The molecule has 2 saturated heterocycles. The molecule has 112 valence electrons. The van der Waals surface area contributed by atoms with E-state index in [0.29, 0.717) is 26.2 Å². The first kappa shape index (κ1) is 14.8. The summed E-state index contributed by atoms with van der Waals surface area (Å²) in [7, 11) is 1.55. The maximum absolute atomic E-state index is 12.2. The van der Waals surface area contributed by atoms with E-state index in [1.807, 2.05) is 0 Å². The predicted octanol–water partition coefficient (Wildman–Crippen LogP) is -0.586. The van der Waals surface area contributed by atoms with Gasteiger partial charge in [-0.05, 0) is 6.42 Å². The SMILES string of the molecule is CC(=O)N(C)CC(=O)N1C[C@H]2COCC[C@@]2(C(=O)O)C1. The summed E-state index contributed by atoms with van der Waals surface area (Å²) in [6.07, 6.45) is 0.430. The fourth-order valence-electron chi connectivity index (χ4n) is 2.90. The molecule has 0 bridgehead atoms. The Hall–Kier alpha value is -1.63. The molecular weight excluding hydrogens is 264 g/mol. The Morgan fingerprint density at radius 2 is 2.15 bits per heavy atom. The summed E-state index contributed by atoms with van der Waals surface area (Å²) < 4.78 is 5.34. The van der Waals surface area contributed by atoms with Gasteiger partial charge in [-0.1, -0.05) is 0 Å². The van der Waals surface area contributed by atoms with Crippen LogP contribution in [0.2, 0.25) is 0 Å². The highest BCUT2D eigenvalue weighted by Gasteiger charge is 2.54. The third kappa shape index (κ3) is 2.49. The second-order valence-electron chi connectivity index (χ2n) is 5.63. The molecule has 2 aliphatic heterocycles. The van der Waals surface area contributed by atoms with Gasteiger partial charge in [-0.3, -0.25) is 14.4 Å². The number of hydrogen-bond acceptors (Lipinski definition) is 4. The number of ether oxygens (including phenoxy) is 1. The molecule has 2 amide bonds. The van der Waals surface area contributed by atoms with Crippen LogP contribution < -0.4 is 0 Å². The van der Waals surface area contributed by atoms with Crippen LogP contribution >= 0.6 is 0 Å². The van der Waals surface area contributed by atoms with Crippen LogP contribution in [0.15, 0.2) is 0 Å². The third-order valence-electron chi connectivity index (χ3n) is 4.40. The zero-order valence-electron chi connectivity index (χ0n) is 11.8. The van der Waals surface area contributed by atoms with Crippen LogP contribution in [0.1, 0.15) is 13.3 Å². The van der Waals surface area contributed by atoms with Crippen molar-refractivity contribution >= 4 is 17.8 Å². The number of carboxylic acid groups (broad SMARTS) is 1. The highest BCUT2D eigenvalue weighted by atomic mass is 16.5. The van der Waals surface area contributed by atoms with E-state index in [4.69, 9.17) is 4.74 Å². The molecule has 0 radical (unpaired) electrons. The average molecular weight is 284 g/mol. The predicted molar refractivity (Wildman–Crippen MR) is 68.9 cm³/mol. The zero-order valence-corrected chi connectivity index (χ0v) is 11.8. The van der Waals surface area contributed by atoms with Crippen molar-refractivity contribution in [2.45, 2.75) is 13.3 Å². The molecule has 0 aromatic carbocycles. The van der Waals surface area contributed by atoms with Crippen molar-refractivity contribution in [2.75, 3.05) is 39.9 Å². The highest BCUT2D eigenvalue weighted by molar-refractivity contribution is 5.85. The monoisotopic (exact) mass is 284 g/mol. The number of hydrogen-bond donors (Lipinski definition) is 1. The minimum Gasteiger partial charge on any atom is -0.481 e. The summed E-state index contributed by atoms with van der Waals surface area (Å²) in [5.41, 5.74) is -0.886. The number of likely N-dealkylation sites (N-methyl/N-ethyl adjacent to an activating group) is 1. The van der Waals surface area contributed by atoms with Gasteiger partial charge in [0.1, 0.15) is 0 Å². The Balaban J connectivity index is 2.07. The fraction of sp³-hybridized carbons (Fsp3) is 0.769. The summed E-state index contributed by atoms with van der Waals surface area (Å²) in [4.78, 5) is 37.8. The van der Waals surface area contributed by atoms with Crippen molar-refractivity contribution in [3.05, 3.63) is 0 Å². The first-order valence-corrected chi connectivity index (χ1v) is 6.67. The van der Waals surface area contributed by atoms with E-state index in [0.717, 1.165) is 0 Å². The highest BCUT2D eigenvalue weighted by Crippen LogP contribution is 2.42. The van der Waals surface area contributed by atoms with Crippen molar-refractivity contribution in [1.82, 2.24) is 9.80 Å². The number of fused-ring (bicyclic) bond motifs is 1. The normalized spacial score (nSPS) is 28.9. The van der Waals surface area contributed by atoms with E-state index in [9.17, 15) is 19.5 Å². The lowest BCUT2D eigenvalue weighted by molar-refractivity contribution is -0.157. The Bertz CT molecular complexity index is 438. The lowest BCUT2D eigenvalue weighted by atomic mass is 9.74. The molecule has 0 aliphatic carbocycles. The zero-order chi connectivity index (χ0) is 14.9. The van der Waals surface area contributed by atoms with Crippen LogP contribution in [0, 0.1) is 11.3 Å². The lowest BCUT2D eigenvalue weighted by Crippen LogP contribution is -2.45. The molecule has 2 fully saturated rings. The molecular formula is C13H20N2O5. The van der Waals surface area contributed by atoms with Crippen LogP contribution in [0.3, 0.4) is 0 Å². The number of carboxylic acids is 1. The molecule has 2 aliphatic rings. The van der Waals surface area contributed by atoms with Crippen LogP contribution in [0.5, 0.6) is 0 Å². The van der Waals surface area contributed by atoms with Gasteiger partial charge in [0.25, 0.3) is 0 Å². The molecule has 20 heavy (non-hydrogen) atoms. The number of carbonyl (C=O) groups excluding carboxylic acids is 2. The van der Waals surface area contributed by atoms with Gasteiger partial charge in [0, 0.05) is 39.6 Å². The second-order valence-corrected chi connectivity index (χ2v) is 5.63. The first-order valence-electron chi connectivity index (χ1n) is 6.67. The summed E-state index contributed by atoms with van der Waals surface area (Å²) in [5.74, 6) is -1.43. The smallest absolute Gasteiger partial charge is 0.311 e. The van der Waals surface area contributed by atoms with E-state index < -0.39 is 11.4 Å². The van der Waals surface area contributed by atoms with Crippen LogP contribution in [-0.2, 0) is 19.1 Å². The van der Waals surface area contributed by atoms with Gasteiger partial charge in [0.15, 0.2) is 0 Å². The molecule has 0 aromatic rings. The van der Waals surface area contributed by atoms with E-state index in [2.05, 4.69) is 0 Å². The largest absolute Gasteiger partial charge is 0.481 e. The number of nitrogens with zero attached hydrogens (tertiary/aromatic N) is 2. The van der Waals surface area contributed by atoms with Crippen molar-refractivity contribution in [1.29, 1.82) is 0 Å². The van der Waals surface area contributed by atoms with Gasteiger partial charge in [-0.25, -0.2) is 0 Å². The summed E-state index contributed by atoms with van der Waals surface area (Å²) in [6.45, 7) is 2.76. The number of likely N-dealkylation sites (tertiary alicyclic amines) is 1. The molecule has 0 unspecified atom stereocenters. The number of rotatable bonds is 3. The number of carbonyl (C=O) groups is 3. The summed E-state index contributed by atoms with van der Waals surface area (Å²) in [5, 5.41) is 9.51. The molecule has 0 aromatic heterocycles. The van der Waals surface area contributed by atoms with Gasteiger partial charge >= 0.3 is 5.97 Å². The Labute approximate surface area is 117 Å². The van der Waals surface area contributed by atoms with E-state index in [1.54, 1.807) is 11.9 Å². The Kier molecular flexibility index (Phi) is 3.99. The van der Waals surface area contributed by atoms with Gasteiger partial charge in [0.2, 0.25) is 11.8 Å². The first-order chi connectivity index (χ1) is 9.36. The third-order valence-corrected chi connectivity index (χ3v) is 4.40. The minimum absolute atomic E-state index is 0.0153. The molecule has 2 heterocycles. The number of aliphatic carboxylic acids is 1. The molecule has 7 nitrogen and oxygen atoms in total. The molecule has 7 heteroatoms. The van der Waals surface area contributed by atoms with E-state index >= 15 is 0 Å². The molecule has 0 spiro atoms. The topological polar surface area (TPSA) is 87.2 Å². The molecule has 2 atom stereocenters. The van der Waals surface area contributed by atoms with Crippen LogP contribution in [-0.4, -0.2) is 72.6 Å². The van der Waals surface area contributed by atoms with Gasteiger partial charge in [0.05, 0.1) is 18.6 Å². The second kappa shape index (κ2) is 5.40. The van der Waals surface area contributed by atoms with Gasteiger partial charge < -0.3 is 19.6 Å². The quantitative estimate of drug-likeness (QED) is 0.749. The standard InChI is InChI=1S/C13H20N2O5/c1-9(16)14(2)6-11(17)15-5-10-7-20-4-3-13(10,8-15)12(18)19/h10H,3-8H2,1-2H3,(H,18,19)/t10-,13+/m0/s1. The van der Waals surface area contributed by atoms with Gasteiger partial charge in [-0.15, -0.1) is 0 Å². The van der Waals surface area contributed by atoms with E-state index in [-0.39, 0.29) is 30.8 Å². The molecule has 2 rings (SSSR count). The van der Waals surface area contributed by atoms with Gasteiger partial charge in [-0.2, -0.15) is 0 Å². The maximum atomic E-state index is 12.2. The average Bonchev–Trinajstić information content (AvgIpc) is 2.79. The van der Waals surface area contributed by atoms with Crippen molar-refractivity contribution in [3.63, 3.8) is 0 Å². The van der Waals surface area contributed by atoms with Crippen LogP contribution in [0.25, 0.3) is 0 Å². The summed E-state index contributed by atoms with van der Waals surface area (Å²) >= 11 is 0. The van der Waals surface area contributed by atoms with Crippen molar-refractivity contribution in [3.8, 4) is 0 Å². The summed E-state index contributed by atoms with van der Waals surface area (Å²) in [6, 6.07) is 0. The van der Waals surface area contributed by atoms with Crippen molar-refractivity contribution in [2.24, 2.45) is 11.3 Å². The molecule has 1 N–H and O–H groups in total. The number of amides is 2. The Morgan fingerprint density at radius 1 is 1.45 bits per heavy atom. The van der Waals surface area contributed by atoms with E-state index in [1.165, 1.54) is 11.8 Å². The fourth-order valence-corrected chi connectivity index (χ4v) is 2.90. The van der Waals surface area contributed by atoms with Crippen LogP contribution in [0.4, 0.5) is 0 Å². The Morgan fingerprint density at radius 3 is 2.70 bits per heavy atom. The minimum atomic E-state index is -0.886. The van der Waals surface area contributed by atoms with Crippen molar-refractivity contribution < 1.29 is 24.2 Å². The molecule has 0 saturated carbocycles. The lowest BCUT2D eigenvalue weighted by Gasteiger charge is -2.33.